The first kappa shape index (κ1) is 22.7. The fourth-order valence-electron chi connectivity index (χ4n) is 3.34. The number of carbonyl (C=O) groups is 2. The fraction of sp³-hybridized carbons (Fsp3) is 0.115. The van der Waals surface area contributed by atoms with Crippen LogP contribution in [0.1, 0.15) is 11.1 Å². The van der Waals surface area contributed by atoms with Gasteiger partial charge in [0, 0.05) is 5.56 Å². The number of ether oxygens (including phenoxy) is 1. The van der Waals surface area contributed by atoms with E-state index >= 15 is 0 Å². The Labute approximate surface area is 196 Å². The van der Waals surface area contributed by atoms with Crippen LogP contribution in [-0.4, -0.2) is 28.1 Å². The molecule has 0 aliphatic heterocycles. The molecule has 4 aromatic rings. The number of hydrogen-bond acceptors (Lipinski definition) is 4. The average Bonchev–Trinajstić information content (AvgIpc) is 3.25. The number of amides is 2. The van der Waals surface area contributed by atoms with E-state index in [1.807, 2.05) is 60.7 Å². The summed E-state index contributed by atoms with van der Waals surface area (Å²) in [6.07, 6.45) is 0.915. The van der Waals surface area contributed by atoms with Crippen LogP contribution in [-0.2, 0) is 22.7 Å². The highest BCUT2D eigenvalue weighted by Gasteiger charge is 2.17. The van der Waals surface area contributed by atoms with Crippen LogP contribution in [0.2, 0.25) is 0 Å². The Morgan fingerprint density at radius 3 is 2.21 bits per heavy atom. The van der Waals surface area contributed by atoms with E-state index in [2.05, 4.69) is 15.6 Å². The first-order chi connectivity index (χ1) is 16.6. The van der Waals surface area contributed by atoms with E-state index in [-0.39, 0.29) is 19.0 Å². The molecule has 34 heavy (non-hydrogen) atoms. The van der Waals surface area contributed by atoms with Gasteiger partial charge >= 0.3 is 6.09 Å². The van der Waals surface area contributed by atoms with E-state index in [0.717, 1.165) is 11.1 Å². The van der Waals surface area contributed by atoms with Gasteiger partial charge in [-0.2, -0.15) is 0 Å². The summed E-state index contributed by atoms with van der Waals surface area (Å²) in [5.74, 6) is -0.369. The number of benzene rings is 3. The highest BCUT2D eigenvalue weighted by Crippen LogP contribution is 2.27. The first-order valence-electron chi connectivity index (χ1n) is 10.7. The third-order valence-corrected chi connectivity index (χ3v) is 5.01. The van der Waals surface area contributed by atoms with Crippen LogP contribution < -0.4 is 10.6 Å². The monoisotopic (exact) mass is 458 g/mol. The maximum Gasteiger partial charge on any atom is 0.407 e. The number of imidazole rings is 1. The lowest BCUT2D eigenvalue weighted by atomic mass is 10.1. The van der Waals surface area contributed by atoms with E-state index < -0.39 is 12.0 Å². The summed E-state index contributed by atoms with van der Waals surface area (Å²) in [5.41, 5.74) is 3.01. The van der Waals surface area contributed by atoms with Gasteiger partial charge in [0.15, 0.2) is 0 Å². The van der Waals surface area contributed by atoms with E-state index in [1.165, 1.54) is 12.1 Å². The SMILES string of the molecule is O=C(CNC(=O)OCc1ccccc1)Nc1c(-c2ccc(F)cc2)ncn1Cc1ccccc1. The second kappa shape index (κ2) is 10.9. The second-order valence-electron chi connectivity index (χ2n) is 7.53. The largest absolute Gasteiger partial charge is 0.445 e. The standard InChI is InChI=1S/C26H23FN4O3/c27-22-13-11-21(12-14-22)24-25(31(18-29-24)16-19-7-3-1-4-8-19)30-23(32)15-28-26(33)34-17-20-9-5-2-6-10-20/h1-14,18H,15-17H2,(H,28,33)(H,30,32). The van der Waals surface area contributed by atoms with Gasteiger partial charge in [0.25, 0.3) is 0 Å². The molecule has 0 aliphatic rings. The lowest BCUT2D eigenvalue weighted by Gasteiger charge is -2.13. The number of carbonyl (C=O) groups excluding carboxylic acids is 2. The smallest absolute Gasteiger partial charge is 0.407 e. The number of halogens is 1. The Balaban J connectivity index is 1.44. The molecule has 0 aliphatic carbocycles. The van der Waals surface area contributed by atoms with Gasteiger partial charge in [-0.25, -0.2) is 14.2 Å². The normalized spacial score (nSPS) is 10.5. The summed E-state index contributed by atoms with van der Waals surface area (Å²) < 4.78 is 20.3. The maximum atomic E-state index is 13.4. The Morgan fingerprint density at radius 2 is 1.53 bits per heavy atom. The summed E-state index contributed by atoms with van der Waals surface area (Å²) in [5, 5.41) is 5.27. The number of rotatable bonds is 8. The highest BCUT2D eigenvalue weighted by atomic mass is 19.1. The molecular formula is C26H23FN4O3. The van der Waals surface area contributed by atoms with E-state index in [1.54, 1.807) is 23.0 Å². The predicted molar refractivity (Wildman–Crippen MR) is 126 cm³/mol. The number of aromatic nitrogens is 2. The van der Waals surface area contributed by atoms with Gasteiger partial charge in [-0.05, 0) is 35.4 Å². The number of nitrogens with zero attached hydrogens (tertiary/aromatic N) is 2. The van der Waals surface area contributed by atoms with Gasteiger partial charge in [-0.1, -0.05) is 60.7 Å². The van der Waals surface area contributed by atoms with Crippen molar-refractivity contribution in [3.8, 4) is 11.3 Å². The van der Waals surface area contributed by atoms with Crippen molar-refractivity contribution in [3.05, 3.63) is 108 Å². The molecule has 172 valence electrons. The van der Waals surface area contributed by atoms with Gasteiger partial charge in [0.1, 0.15) is 30.5 Å². The quantitative estimate of drug-likeness (QED) is 0.404. The zero-order valence-corrected chi connectivity index (χ0v) is 18.3. The van der Waals surface area contributed by atoms with Crippen molar-refractivity contribution in [3.63, 3.8) is 0 Å². The highest BCUT2D eigenvalue weighted by molar-refractivity contribution is 5.96. The molecule has 0 radical (unpaired) electrons. The van der Waals surface area contributed by atoms with E-state index in [9.17, 15) is 14.0 Å². The summed E-state index contributed by atoms with van der Waals surface area (Å²) >= 11 is 0. The molecule has 0 fully saturated rings. The molecule has 1 heterocycles. The molecule has 3 aromatic carbocycles. The molecule has 7 nitrogen and oxygen atoms in total. The molecular weight excluding hydrogens is 435 g/mol. The van der Waals surface area contributed by atoms with E-state index in [0.29, 0.717) is 23.6 Å². The summed E-state index contributed by atoms with van der Waals surface area (Å²) in [6.45, 7) is 0.289. The third-order valence-electron chi connectivity index (χ3n) is 5.01. The van der Waals surface area contributed by atoms with Gasteiger partial charge in [-0.15, -0.1) is 0 Å². The van der Waals surface area contributed by atoms with Gasteiger partial charge in [0.05, 0.1) is 12.9 Å². The Morgan fingerprint density at radius 1 is 0.882 bits per heavy atom. The van der Waals surface area contributed by atoms with Crippen LogP contribution in [0.5, 0.6) is 0 Å². The minimum atomic E-state index is -0.699. The minimum absolute atomic E-state index is 0.104. The number of anilines is 1. The number of nitrogens with one attached hydrogen (secondary N) is 2. The van der Waals surface area contributed by atoms with Crippen LogP contribution in [0.15, 0.2) is 91.3 Å². The van der Waals surface area contributed by atoms with Crippen molar-refractivity contribution in [2.24, 2.45) is 0 Å². The number of hydrogen-bond donors (Lipinski definition) is 2. The molecule has 2 N–H and O–H groups in total. The molecule has 0 spiro atoms. The Kier molecular flexibility index (Phi) is 7.29. The lowest BCUT2D eigenvalue weighted by Crippen LogP contribution is -2.33. The van der Waals surface area contributed by atoms with Crippen LogP contribution in [0, 0.1) is 5.82 Å². The predicted octanol–water partition coefficient (Wildman–Crippen LogP) is 4.60. The maximum absolute atomic E-state index is 13.4. The van der Waals surface area contributed by atoms with Gasteiger partial charge in [0.2, 0.25) is 5.91 Å². The van der Waals surface area contributed by atoms with Crippen LogP contribution in [0.25, 0.3) is 11.3 Å². The van der Waals surface area contributed by atoms with Crippen LogP contribution in [0.3, 0.4) is 0 Å². The van der Waals surface area contributed by atoms with Crippen molar-refractivity contribution in [2.45, 2.75) is 13.2 Å². The minimum Gasteiger partial charge on any atom is -0.445 e. The number of alkyl carbamates (subject to hydrolysis) is 1. The average molecular weight is 458 g/mol. The molecule has 4 rings (SSSR count). The summed E-state index contributed by atoms with van der Waals surface area (Å²) in [7, 11) is 0. The third kappa shape index (κ3) is 6.07. The van der Waals surface area contributed by atoms with Crippen molar-refractivity contribution >= 4 is 17.8 Å². The molecule has 0 atom stereocenters. The van der Waals surface area contributed by atoms with Gasteiger partial charge < -0.3 is 19.9 Å². The molecule has 0 unspecified atom stereocenters. The zero-order valence-electron chi connectivity index (χ0n) is 18.3. The molecule has 0 saturated carbocycles. The van der Waals surface area contributed by atoms with Crippen molar-refractivity contribution < 1.29 is 18.7 Å². The van der Waals surface area contributed by atoms with Crippen LogP contribution in [0.4, 0.5) is 15.0 Å². The zero-order chi connectivity index (χ0) is 23.8. The van der Waals surface area contributed by atoms with E-state index in [4.69, 9.17) is 4.74 Å². The molecule has 0 bridgehead atoms. The molecule has 8 heteroatoms. The van der Waals surface area contributed by atoms with Crippen molar-refractivity contribution in [1.82, 2.24) is 14.9 Å². The van der Waals surface area contributed by atoms with Crippen molar-refractivity contribution in [1.29, 1.82) is 0 Å². The van der Waals surface area contributed by atoms with Crippen molar-refractivity contribution in [2.75, 3.05) is 11.9 Å². The summed E-state index contributed by atoms with van der Waals surface area (Å²) in [4.78, 5) is 29.1. The molecule has 0 saturated heterocycles. The summed E-state index contributed by atoms with van der Waals surface area (Å²) in [6, 6.07) is 24.8. The Bertz CT molecular complexity index is 1240. The van der Waals surface area contributed by atoms with Crippen LogP contribution >= 0.6 is 0 Å². The lowest BCUT2D eigenvalue weighted by molar-refractivity contribution is -0.115. The second-order valence-corrected chi connectivity index (χ2v) is 7.53. The fourth-order valence-corrected chi connectivity index (χ4v) is 3.34. The molecule has 1 aromatic heterocycles. The first-order valence-corrected chi connectivity index (χ1v) is 10.7. The Hall–Kier alpha value is -4.46. The van der Waals surface area contributed by atoms with Gasteiger partial charge in [-0.3, -0.25) is 4.79 Å². The topological polar surface area (TPSA) is 85.2 Å². The molecule has 2 amide bonds.